The molecule has 1 saturated heterocycles. The van der Waals surface area contributed by atoms with Crippen LogP contribution >= 0.6 is 0 Å². The van der Waals surface area contributed by atoms with E-state index in [4.69, 9.17) is 14.0 Å². The van der Waals surface area contributed by atoms with Crippen LogP contribution in [0.25, 0.3) is 0 Å². The Bertz CT molecular complexity index is 810. The Morgan fingerprint density at radius 3 is 2.77 bits per heavy atom. The normalized spacial score (nSPS) is 16.7. The minimum atomic E-state index is -0.274. The lowest BCUT2D eigenvalue weighted by atomic mass is 9.98. The minimum absolute atomic E-state index is 0.101. The molecule has 1 aliphatic rings. The predicted octanol–water partition coefficient (Wildman–Crippen LogP) is 2.01. The number of rotatable bonds is 7. The second kappa shape index (κ2) is 8.12. The summed E-state index contributed by atoms with van der Waals surface area (Å²) in [7, 11) is 3.25. The Morgan fingerprint density at radius 2 is 2.08 bits per heavy atom. The highest BCUT2D eigenvalue weighted by atomic mass is 16.5. The zero-order valence-corrected chi connectivity index (χ0v) is 15.1. The number of aromatic nitrogens is 1. The number of benzene rings is 1. The van der Waals surface area contributed by atoms with Gasteiger partial charge in [0.2, 0.25) is 5.91 Å². The number of nitrogens with one attached hydrogen (secondary N) is 1. The van der Waals surface area contributed by atoms with Gasteiger partial charge in [0.25, 0.3) is 5.56 Å². The topological polar surface area (TPSA) is 84.8 Å². The third-order valence-electron chi connectivity index (χ3n) is 4.77. The quantitative estimate of drug-likeness (QED) is 0.816. The van der Waals surface area contributed by atoms with Gasteiger partial charge < -0.3 is 18.9 Å². The van der Waals surface area contributed by atoms with E-state index in [0.717, 1.165) is 37.4 Å². The number of likely N-dealkylation sites (tertiary alicyclic amines) is 1. The Labute approximate surface area is 151 Å². The molecular weight excluding hydrogens is 336 g/mol. The van der Waals surface area contributed by atoms with E-state index in [-0.39, 0.29) is 11.5 Å². The molecule has 1 aliphatic heterocycles. The first kappa shape index (κ1) is 18.1. The molecule has 2 aromatic rings. The van der Waals surface area contributed by atoms with Crippen LogP contribution in [0.2, 0.25) is 0 Å². The van der Waals surface area contributed by atoms with Crippen molar-refractivity contribution in [2.45, 2.75) is 25.7 Å². The highest BCUT2D eigenvalue weighted by Gasteiger charge is 2.26. The number of aromatic amines is 1. The molecule has 1 amide bonds. The van der Waals surface area contributed by atoms with E-state index in [1.807, 2.05) is 23.1 Å². The molecule has 140 valence electrons. The third-order valence-corrected chi connectivity index (χ3v) is 4.77. The third kappa shape index (κ3) is 4.28. The van der Waals surface area contributed by atoms with Gasteiger partial charge >= 0.3 is 0 Å². The fourth-order valence-corrected chi connectivity index (χ4v) is 3.40. The Hall–Kier alpha value is -2.70. The van der Waals surface area contributed by atoms with Gasteiger partial charge in [0, 0.05) is 32.0 Å². The number of carbonyl (C=O) groups excluding carboxylic acids is 1. The summed E-state index contributed by atoms with van der Waals surface area (Å²) in [6.45, 7) is 1.53. The maximum atomic E-state index is 12.4. The van der Waals surface area contributed by atoms with Crippen LogP contribution < -0.4 is 15.0 Å². The van der Waals surface area contributed by atoms with Gasteiger partial charge in [0.05, 0.1) is 14.2 Å². The van der Waals surface area contributed by atoms with Crippen molar-refractivity contribution in [2.24, 2.45) is 5.92 Å². The predicted molar refractivity (Wildman–Crippen MR) is 95.6 cm³/mol. The monoisotopic (exact) mass is 360 g/mol. The van der Waals surface area contributed by atoms with Gasteiger partial charge in [-0.15, -0.1) is 0 Å². The summed E-state index contributed by atoms with van der Waals surface area (Å²) in [5.41, 5.74) is 0.902. The highest BCUT2D eigenvalue weighted by Crippen LogP contribution is 2.30. The molecule has 26 heavy (non-hydrogen) atoms. The van der Waals surface area contributed by atoms with Crippen LogP contribution in [-0.2, 0) is 17.6 Å². The molecule has 0 radical (unpaired) electrons. The smallest absolute Gasteiger partial charge is 0.280 e. The average molecular weight is 360 g/mol. The molecule has 0 aliphatic carbocycles. The van der Waals surface area contributed by atoms with Crippen molar-refractivity contribution >= 4 is 5.91 Å². The Balaban J connectivity index is 1.51. The largest absolute Gasteiger partial charge is 0.493 e. The molecule has 2 heterocycles. The molecule has 1 atom stereocenters. The number of hydrogen-bond acceptors (Lipinski definition) is 5. The average Bonchev–Trinajstić information content (AvgIpc) is 3.28. The van der Waals surface area contributed by atoms with E-state index in [1.54, 1.807) is 14.2 Å². The molecule has 7 nitrogen and oxygen atoms in total. The molecule has 0 spiro atoms. The summed E-state index contributed by atoms with van der Waals surface area (Å²) in [6, 6.07) is 7.34. The van der Waals surface area contributed by atoms with Gasteiger partial charge in [-0.05, 0) is 36.5 Å². The van der Waals surface area contributed by atoms with Crippen LogP contribution in [0.15, 0.2) is 33.6 Å². The van der Waals surface area contributed by atoms with Gasteiger partial charge in [-0.3, -0.25) is 9.59 Å². The van der Waals surface area contributed by atoms with Crippen molar-refractivity contribution in [3.05, 3.63) is 45.9 Å². The molecule has 1 N–H and O–H groups in total. The molecular formula is C19H24N2O5. The lowest BCUT2D eigenvalue weighted by molar-refractivity contribution is -0.130. The van der Waals surface area contributed by atoms with Crippen molar-refractivity contribution in [3.63, 3.8) is 0 Å². The van der Waals surface area contributed by atoms with Crippen LogP contribution in [0, 0.1) is 5.92 Å². The first-order valence-corrected chi connectivity index (χ1v) is 8.75. The van der Waals surface area contributed by atoms with Crippen LogP contribution in [-0.4, -0.2) is 43.3 Å². The number of ether oxygens (including phenoxy) is 2. The Kier molecular flexibility index (Phi) is 5.65. The highest BCUT2D eigenvalue weighted by molar-refractivity contribution is 5.76. The molecule has 1 aromatic carbocycles. The second-order valence-corrected chi connectivity index (χ2v) is 6.57. The van der Waals surface area contributed by atoms with Crippen molar-refractivity contribution in [2.75, 3.05) is 27.3 Å². The van der Waals surface area contributed by atoms with E-state index in [2.05, 4.69) is 5.16 Å². The number of aryl methyl sites for hydroxylation is 1. The van der Waals surface area contributed by atoms with Crippen LogP contribution in [0.5, 0.6) is 11.5 Å². The molecule has 1 aromatic heterocycles. The number of amides is 1. The van der Waals surface area contributed by atoms with Crippen LogP contribution in [0.3, 0.4) is 0 Å². The van der Waals surface area contributed by atoms with Crippen LogP contribution in [0.4, 0.5) is 0 Å². The number of hydrogen-bond donors (Lipinski definition) is 1. The van der Waals surface area contributed by atoms with Crippen molar-refractivity contribution in [1.29, 1.82) is 0 Å². The summed E-state index contributed by atoms with van der Waals surface area (Å²) in [4.78, 5) is 25.3. The molecule has 0 bridgehead atoms. The summed E-state index contributed by atoms with van der Waals surface area (Å²) in [6.07, 6.45) is 2.68. The van der Waals surface area contributed by atoms with E-state index in [9.17, 15) is 9.59 Å². The van der Waals surface area contributed by atoms with Gasteiger partial charge in [-0.2, -0.15) is 5.16 Å². The van der Waals surface area contributed by atoms with E-state index in [0.29, 0.717) is 24.5 Å². The van der Waals surface area contributed by atoms with Gasteiger partial charge in [0.15, 0.2) is 11.5 Å². The minimum Gasteiger partial charge on any atom is -0.493 e. The maximum absolute atomic E-state index is 12.4. The van der Waals surface area contributed by atoms with E-state index >= 15 is 0 Å². The molecule has 7 heteroatoms. The number of methoxy groups -OCH3 is 2. The van der Waals surface area contributed by atoms with Crippen molar-refractivity contribution < 1.29 is 18.8 Å². The lowest BCUT2D eigenvalue weighted by Crippen LogP contribution is -2.29. The fraction of sp³-hybridized carbons (Fsp3) is 0.474. The van der Waals surface area contributed by atoms with E-state index < -0.39 is 0 Å². The SMILES string of the molecule is COc1ccc(CC2CCN(C(=O)CCc3cc(=O)[nH]o3)C2)cc1OC. The molecule has 3 rings (SSSR count). The summed E-state index contributed by atoms with van der Waals surface area (Å²) < 4.78 is 15.6. The number of H-pyrrole nitrogens is 1. The lowest BCUT2D eigenvalue weighted by Gasteiger charge is -2.16. The van der Waals surface area contributed by atoms with E-state index in [1.165, 1.54) is 11.6 Å². The second-order valence-electron chi connectivity index (χ2n) is 6.57. The van der Waals surface area contributed by atoms with Crippen molar-refractivity contribution in [3.8, 4) is 11.5 Å². The summed E-state index contributed by atoms with van der Waals surface area (Å²) >= 11 is 0. The first-order valence-electron chi connectivity index (χ1n) is 8.75. The van der Waals surface area contributed by atoms with Gasteiger partial charge in [0.1, 0.15) is 5.76 Å². The zero-order chi connectivity index (χ0) is 18.5. The number of carbonyl (C=O) groups is 1. The molecule has 0 saturated carbocycles. The number of nitrogens with zero attached hydrogens (tertiary/aromatic N) is 1. The maximum Gasteiger partial charge on any atom is 0.280 e. The molecule has 1 unspecified atom stereocenters. The van der Waals surface area contributed by atoms with Crippen molar-refractivity contribution in [1.82, 2.24) is 10.1 Å². The summed E-state index contributed by atoms with van der Waals surface area (Å²) in [5, 5.41) is 2.24. The van der Waals surface area contributed by atoms with Crippen LogP contribution in [0.1, 0.15) is 24.2 Å². The Morgan fingerprint density at radius 1 is 1.27 bits per heavy atom. The standard InChI is InChI=1S/C19H24N2O5/c1-24-16-5-3-13(10-17(16)25-2)9-14-7-8-21(12-14)19(23)6-4-15-11-18(22)20-26-15/h3,5,10-11,14H,4,6-9,12H2,1-2H3,(H,20,22). The molecule has 1 fully saturated rings. The summed E-state index contributed by atoms with van der Waals surface area (Å²) in [5.74, 6) is 2.50. The van der Waals surface area contributed by atoms with Gasteiger partial charge in [-0.1, -0.05) is 6.07 Å². The zero-order valence-electron chi connectivity index (χ0n) is 15.1. The fourth-order valence-electron chi connectivity index (χ4n) is 3.40. The van der Waals surface area contributed by atoms with Gasteiger partial charge in [-0.25, -0.2) is 0 Å². The first-order chi connectivity index (χ1) is 12.6.